The minimum atomic E-state index is 0.145. The quantitative estimate of drug-likeness (QED) is 0.601. The predicted molar refractivity (Wildman–Crippen MR) is 62.7 cm³/mol. The molecule has 88 valence electrons. The molecule has 1 aliphatic carbocycles. The van der Waals surface area contributed by atoms with Crippen molar-refractivity contribution in [3.05, 3.63) is 0 Å². The van der Waals surface area contributed by atoms with Gasteiger partial charge in [0.25, 0.3) is 0 Å². The summed E-state index contributed by atoms with van der Waals surface area (Å²) in [5.74, 6) is 0.920. The lowest BCUT2D eigenvalue weighted by atomic mass is 10.1. The zero-order valence-electron chi connectivity index (χ0n) is 10.0. The van der Waals surface area contributed by atoms with E-state index in [1.54, 1.807) is 0 Å². The molecule has 0 unspecified atom stereocenters. The van der Waals surface area contributed by atoms with Crippen molar-refractivity contribution in [1.29, 1.82) is 0 Å². The normalized spacial score (nSPS) is 15.7. The Morgan fingerprint density at radius 1 is 1.33 bits per heavy atom. The first-order valence-corrected chi connectivity index (χ1v) is 6.18. The van der Waals surface area contributed by atoms with Gasteiger partial charge >= 0.3 is 0 Å². The second kappa shape index (κ2) is 6.83. The maximum Gasteiger partial charge on any atom is 0.233 e. The number of hydrogen-bond acceptors (Lipinski definition) is 2. The van der Waals surface area contributed by atoms with Crippen LogP contribution in [0.2, 0.25) is 0 Å². The van der Waals surface area contributed by atoms with E-state index < -0.39 is 0 Å². The van der Waals surface area contributed by atoms with Crippen LogP contribution in [0, 0.1) is 5.92 Å². The van der Waals surface area contributed by atoms with Gasteiger partial charge < -0.3 is 10.6 Å². The van der Waals surface area contributed by atoms with Gasteiger partial charge in [-0.05, 0) is 25.2 Å². The van der Waals surface area contributed by atoms with Gasteiger partial charge in [-0.25, -0.2) is 0 Å². The highest BCUT2D eigenvalue weighted by Crippen LogP contribution is 2.17. The van der Waals surface area contributed by atoms with Crippen molar-refractivity contribution >= 4 is 5.91 Å². The molecule has 1 amide bonds. The van der Waals surface area contributed by atoms with Crippen molar-refractivity contribution < 1.29 is 4.79 Å². The van der Waals surface area contributed by atoms with Crippen LogP contribution < -0.4 is 10.6 Å². The van der Waals surface area contributed by atoms with E-state index in [2.05, 4.69) is 24.5 Å². The molecule has 0 aromatic carbocycles. The monoisotopic (exact) mass is 212 g/mol. The number of carbonyl (C=O) groups is 1. The zero-order valence-corrected chi connectivity index (χ0v) is 10.0. The minimum Gasteiger partial charge on any atom is -0.355 e. The van der Waals surface area contributed by atoms with Crippen molar-refractivity contribution in [3.8, 4) is 0 Å². The lowest BCUT2D eigenvalue weighted by Crippen LogP contribution is -2.35. The summed E-state index contributed by atoms with van der Waals surface area (Å²) >= 11 is 0. The number of amides is 1. The lowest BCUT2D eigenvalue weighted by molar-refractivity contribution is -0.120. The molecule has 0 atom stereocenters. The van der Waals surface area contributed by atoms with Crippen LogP contribution in [0.25, 0.3) is 0 Å². The molecule has 0 radical (unpaired) electrons. The topological polar surface area (TPSA) is 41.1 Å². The third-order valence-electron chi connectivity index (χ3n) is 2.66. The molecule has 2 N–H and O–H groups in total. The van der Waals surface area contributed by atoms with E-state index in [1.165, 1.54) is 25.7 Å². The third-order valence-corrected chi connectivity index (χ3v) is 2.66. The maximum atomic E-state index is 11.3. The largest absolute Gasteiger partial charge is 0.355 e. The van der Waals surface area contributed by atoms with Crippen LogP contribution in [-0.4, -0.2) is 25.0 Å². The fourth-order valence-electron chi connectivity index (χ4n) is 1.49. The van der Waals surface area contributed by atoms with Gasteiger partial charge in [-0.15, -0.1) is 0 Å². The Morgan fingerprint density at radius 3 is 2.67 bits per heavy atom. The zero-order chi connectivity index (χ0) is 11.1. The number of nitrogens with one attached hydrogen (secondary N) is 2. The summed E-state index contributed by atoms with van der Waals surface area (Å²) in [6.07, 6.45) is 6.06. The Morgan fingerprint density at radius 2 is 2.07 bits per heavy atom. The van der Waals surface area contributed by atoms with E-state index in [4.69, 9.17) is 0 Å². The molecule has 0 heterocycles. The van der Waals surface area contributed by atoms with Gasteiger partial charge in [-0.3, -0.25) is 4.79 Å². The first-order chi connectivity index (χ1) is 7.18. The molecule has 1 aliphatic rings. The smallest absolute Gasteiger partial charge is 0.233 e. The van der Waals surface area contributed by atoms with Gasteiger partial charge in [0.1, 0.15) is 0 Å². The van der Waals surface area contributed by atoms with E-state index in [0.29, 0.717) is 12.6 Å². The molecule has 0 spiro atoms. The first kappa shape index (κ1) is 12.5. The van der Waals surface area contributed by atoms with E-state index >= 15 is 0 Å². The fraction of sp³-hybridized carbons (Fsp3) is 0.917. The van der Waals surface area contributed by atoms with Gasteiger partial charge in [0.05, 0.1) is 6.54 Å². The average molecular weight is 212 g/mol. The molecule has 0 aromatic rings. The Kier molecular flexibility index (Phi) is 5.69. The molecule has 0 aromatic heterocycles. The van der Waals surface area contributed by atoms with Crippen molar-refractivity contribution in [3.63, 3.8) is 0 Å². The molecule has 0 bridgehead atoms. The van der Waals surface area contributed by atoms with E-state index in [1.807, 2.05) is 0 Å². The highest BCUT2D eigenvalue weighted by molar-refractivity contribution is 5.77. The van der Waals surface area contributed by atoms with Gasteiger partial charge in [-0.2, -0.15) is 0 Å². The summed E-state index contributed by atoms with van der Waals surface area (Å²) in [5.41, 5.74) is 0. The number of hydrogen-bond donors (Lipinski definition) is 2. The molecule has 1 fully saturated rings. The van der Waals surface area contributed by atoms with Gasteiger partial charge in [0, 0.05) is 12.6 Å². The van der Waals surface area contributed by atoms with Crippen molar-refractivity contribution in [2.75, 3.05) is 13.1 Å². The van der Waals surface area contributed by atoms with E-state index in [9.17, 15) is 4.79 Å². The molecule has 0 aliphatic heterocycles. The standard InChI is InChI=1S/C12H24N2O/c1-10(2)5-3-4-8-13-12(15)9-14-11-6-7-11/h10-11,14H,3-9H2,1-2H3,(H,13,15). The Bertz CT molecular complexity index is 188. The predicted octanol–water partition coefficient (Wildman–Crippen LogP) is 1.68. The Labute approximate surface area is 93.0 Å². The molecule has 0 saturated heterocycles. The van der Waals surface area contributed by atoms with Crippen LogP contribution >= 0.6 is 0 Å². The second-order valence-corrected chi connectivity index (χ2v) is 4.89. The van der Waals surface area contributed by atoms with E-state index in [-0.39, 0.29) is 5.91 Å². The summed E-state index contributed by atoms with van der Waals surface area (Å²) < 4.78 is 0. The number of carbonyl (C=O) groups excluding carboxylic acids is 1. The number of rotatable bonds is 8. The van der Waals surface area contributed by atoms with Gasteiger partial charge in [0.2, 0.25) is 5.91 Å². The number of unbranched alkanes of at least 4 members (excludes halogenated alkanes) is 1. The Hall–Kier alpha value is -0.570. The van der Waals surface area contributed by atoms with Crippen LogP contribution in [0.5, 0.6) is 0 Å². The first-order valence-electron chi connectivity index (χ1n) is 6.18. The lowest BCUT2D eigenvalue weighted by Gasteiger charge is -2.07. The third kappa shape index (κ3) is 7.37. The summed E-state index contributed by atoms with van der Waals surface area (Å²) in [6, 6.07) is 0.622. The van der Waals surface area contributed by atoms with Crippen LogP contribution in [-0.2, 0) is 4.79 Å². The summed E-state index contributed by atoms with van der Waals surface area (Å²) in [5, 5.41) is 6.14. The summed E-state index contributed by atoms with van der Waals surface area (Å²) in [6.45, 7) is 5.79. The van der Waals surface area contributed by atoms with Gasteiger partial charge in [0.15, 0.2) is 0 Å². The van der Waals surface area contributed by atoms with Crippen molar-refractivity contribution in [2.24, 2.45) is 5.92 Å². The second-order valence-electron chi connectivity index (χ2n) is 4.89. The van der Waals surface area contributed by atoms with Crippen LogP contribution in [0.3, 0.4) is 0 Å². The maximum absolute atomic E-state index is 11.3. The molecule has 1 saturated carbocycles. The molecular weight excluding hydrogens is 188 g/mol. The highest BCUT2D eigenvalue weighted by Gasteiger charge is 2.20. The molecule has 3 heteroatoms. The summed E-state index contributed by atoms with van der Waals surface area (Å²) in [4.78, 5) is 11.3. The molecule has 3 nitrogen and oxygen atoms in total. The molecule has 1 rings (SSSR count). The SMILES string of the molecule is CC(C)CCCCNC(=O)CNC1CC1. The molecule has 15 heavy (non-hydrogen) atoms. The average Bonchev–Trinajstić information content (AvgIpc) is 2.97. The highest BCUT2D eigenvalue weighted by atomic mass is 16.1. The minimum absolute atomic E-state index is 0.145. The van der Waals surface area contributed by atoms with Crippen LogP contribution in [0.4, 0.5) is 0 Å². The van der Waals surface area contributed by atoms with E-state index in [0.717, 1.165) is 18.9 Å². The van der Waals surface area contributed by atoms with Crippen LogP contribution in [0.15, 0.2) is 0 Å². The Balaban J connectivity index is 1.83. The van der Waals surface area contributed by atoms with Crippen molar-refractivity contribution in [1.82, 2.24) is 10.6 Å². The van der Waals surface area contributed by atoms with Crippen molar-refractivity contribution in [2.45, 2.75) is 52.0 Å². The summed E-state index contributed by atoms with van der Waals surface area (Å²) in [7, 11) is 0. The fourth-order valence-corrected chi connectivity index (χ4v) is 1.49. The molecular formula is C12H24N2O. The van der Waals surface area contributed by atoms with Crippen LogP contribution in [0.1, 0.15) is 46.0 Å². The van der Waals surface area contributed by atoms with Gasteiger partial charge in [-0.1, -0.05) is 26.7 Å².